The van der Waals surface area contributed by atoms with Gasteiger partial charge in [0.2, 0.25) is 0 Å². The molecule has 2 aromatic carbocycles. The molecule has 0 heterocycles. The Hall–Kier alpha value is -2.31. The van der Waals surface area contributed by atoms with Crippen molar-refractivity contribution in [3.05, 3.63) is 40.4 Å². The number of urea groups is 1. The SMILES string of the molecule is O=C(Nc1cc(O)c(O)c(O)c1)Nc1ccc(Cl)c(Cl)c1. The number of amides is 2. The minimum atomic E-state index is -0.662. The molecule has 6 nitrogen and oxygen atoms in total. The van der Waals surface area contributed by atoms with Crippen molar-refractivity contribution >= 4 is 40.6 Å². The Balaban J connectivity index is 2.09. The number of aromatic hydroxyl groups is 3. The Morgan fingerprint density at radius 1 is 0.857 bits per heavy atom. The largest absolute Gasteiger partial charge is 0.504 e. The zero-order valence-electron chi connectivity index (χ0n) is 10.4. The van der Waals surface area contributed by atoms with E-state index in [-0.39, 0.29) is 10.7 Å². The summed E-state index contributed by atoms with van der Waals surface area (Å²) >= 11 is 11.6. The Kier molecular flexibility index (Phi) is 4.30. The highest BCUT2D eigenvalue weighted by Gasteiger charge is 2.10. The molecule has 0 bridgehead atoms. The van der Waals surface area contributed by atoms with Crippen LogP contribution in [0.5, 0.6) is 17.2 Å². The highest BCUT2D eigenvalue weighted by Crippen LogP contribution is 2.37. The van der Waals surface area contributed by atoms with E-state index in [2.05, 4.69) is 10.6 Å². The molecule has 2 aromatic rings. The third-order valence-electron chi connectivity index (χ3n) is 2.51. The lowest BCUT2D eigenvalue weighted by atomic mass is 10.2. The topological polar surface area (TPSA) is 102 Å². The van der Waals surface area contributed by atoms with E-state index in [1.807, 2.05) is 0 Å². The van der Waals surface area contributed by atoms with Gasteiger partial charge in [-0.25, -0.2) is 4.79 Å². The Morgan fingerprint density at radius 2 is 1.43 bits per heavy atom. The first-order valence-electron chi connectivity index (χ1n) is 5.65. The Bertz CT molecular complexity index is 684. The summed E-state index contributed by atoms with van der Waals surface area (Å²) in [4.78, 5) is 11.8. The highest BCUT2D eigenvalue weighted by atomic mass is 35.5. The minimum Gasteiger partial charge on any atom is -0.504 e. The molecule has 0 saturated heterocycles. The number of hydrogen-bond donors (Lipinski definition) is 5. The van der Waals surface area contributed by atoms with Gasteiger partial charge in [-0.2, -0.15) is 0 Å². The molecule has 21 heavy (non-hydrogen) atoms. The van der Waals surface area contributed by atoms with Crippen LogP contribution in [0.25, 0.3) is 0 Å². The first-order valence-corrected chi connectivity index (χ1v) is 6.40. The second-order valence-corrected chi connectivity index (χ2v) is 4.89. The van der Waals surface area contributed by atoms with E-state index in [1.165, 1.54) is 12.1 Å². The summed E-state index contributed by atoms with van der Waals surface area (Å²) in [5, 5.41) is 33.4. The van der Waals surface area contributed by atoms with Crippen molar-refractivity contribution in [2.75, 3.05) is 10.6 Å². The molecule has 8 heteroatoms. The molecule has 0 aliphatic carbocycles. The molecule has 0 aromatic heterocycles. The fraction of sp³-hybridized carbons (Fsp3) is 0. The summed E-state index contributed by atoms with van der Waals surface area (Å²) in [7, 11) is 0. The first kappa shape index (κ1) is 15.1. The van der Waals surface area contributed by atoms with E-state index in [0.29, 0.717) is 10.7 Å². The second-order valence-electron chi connectivity index (χ2n) is 4.07. The van der Waals surface area contributed by atoms with Crippen LogP contribution in [0.1, 0.15) is 0 Å². The van der Waals surface area contributed by atoms with Crippen molar-refractivity contribution in [2.45, 2.75) is 0 Å². The van der Waals surface area contributed by atoms with Crippen LogP contribution >= 0.6 is 23.2 Å². The third kappa shape index (κ3) is 3.62. The Morgan fingerprint density at radius 3 is 2.00 bits per heavy atom. The van der Waals surface area contributed by atoms with Crippen LogP contribution in [0, 0.1) is 0 Å². The predicted octanol–water partition coefficient (Wildman–Crippen LogP) is 3.75. The smallest absolute Gasteiger partial charge is 0.323 e. The summed E-state index contributed by atoms with van der Waals surface area (Å²) in [6.45, 7) is 0. The lowest BCUT2D eigenvalue weighted by molar-refractivity contribution is 0.262. The van der Waals surface area contributed by atoms with Gasteiger partial charge < -0.3 is 26.0 Å². The average Bonchev–Trinajstić information content (AvgIpc) is 2.40. The zero-order valence-corrected chi connectivity index (χ0v) is 11.9. The van der Waals surface area contributed by atoms with Crippen molar-refractivity contribution in [1.29, 1.82) is 0 Å². The number of halogens is 2. The van der Waals surface area contributed by atoms with E-state index in [0.717, 1.165) is 12.1 Å². The van der Waals surface area contributed by atoms with Crippen LogP contribution in [0.15, 0.2) is 30.3 Å². The molecule has 0 atom stereocenters. The average molecular weight is 329 g/mol. The number of carbonyl (C=O) groups excluding carboxylic acids is 1. The standard InChI is InChI=1S/C13H10Cl2N2O4/c14-8-2-1-6(3-9(8)15)16-13(21)17-7-4-10(18)12(20)11(19)5-7/h1-5,18-20H,(H2,16,17,21). The van der Waals surface area contributed by atoms with Crippen LogP contribution in [-0.2, 0) is 0 Å². The molecule has 0 spiro atoms. The number of phenols is 3. The third-order valence-corrected chi connectivity index (χ3v) is 3.24. The van der Waals surface area contributed by atoms with Gasteiger partial charge in [0.05, 0.1) is 15.7 Å². The number of phenolic OH excluding ortho intramolecular Hbond substituents is 3. The molecule has 0 fully saturated rings. The number of rotatable bonds is 2. The quantitative estimate of drug-likeness (QED) is 0.428. The maximum atomic E-state index is 11.8. The van der Waals surface area contributed by atoms with Gasteiger partial charge in [-0.05, 0) is 18.2 Å². The number of carbonyl (C=O) groups is 1. The fourth-order valence-electron chi connectivity index (χ4n) is 1.54. The van der Waals surface area contributed by atoms with Gasteiger partial charge in [0.25, 0.3) is 0 Å². The van der Waals surface area contributed by atoms with Crippen molar-refractivity contribution in [2.24, 2.45) is 0 Å². The first-order chi connectivity index (χ1) is 9.86. The molecule has 2 rings (SSSR count). The lowest BCUT2D eigenvalue weighted by Crippen LogP contribution is -2.19. The summed E-state index contributed by atoms with van der Waals surface area (Å²) in [5.74, 6) is -1.77. The van der Waals surface area contributed by atoms with E-state index < -0.39 is 23.3 Å². The number of hydrogen-bond acceptors (Lipinski definition) is 4. The van der Waals surface area contributed by atoms with Crippen LogP contribution in [0.2, 0.25) is 10.0 Å². The molecule has 110 valence electrons. The predicted molar refractivity (Wildman–Crippen MR) is 80.5 cm³/mol. The molecule has 0 aliphatic rings. The van der Waals surface area contributed by atoms with Gasteiger partial charge in [-0.1, -0.05) is 23.2 Å². The van der Waals surface area contributed by atoms with Gasteiger partial charge in [-0.3, -0.25) is 0 Å². The van der Waals surface area contributed by atoms with Crippen LogP contribution in [0.3, 0.4) is 0 Å². The van der Waals surface area contributed by atoms with E-state index >= 15 is 0 Å². The zero-order chi connectivity index (χ0) is 15.6. The minimum absolute atomic E-state index is 0.0976. The molecule has 0 saturated carbocycles. The van der Waals surface area contributed by atoms with Crippen molar-refractivity contribution in [3.63, 3.8) is 0 Å². The monoisotopic (exact) mass is 328 g/mol. The number of benzene rings is 2. The number of anilines is 2. The van der Waals surface area contributed by atoms with Crippen LogP contribution in [0.4, 0.5) is 16.2 Å². The summed E-state index contributed by atoms with van der Waals surface area (Å²) in [6.07, 6.45) is 0. The second kappa shape index (κ2) is 5.99. The van der Waals surface area contributed by atoms with Gasteiger partial charge >= 0.3 is 6.03 Å². The molecular weight excluding hydrogens is 319 g/mol. The maximum absolute atomic E-state index is 11.8. The molecule has 0 radical (unpaired) electrons. The van der Waals surface area contributed by atoms with E-state index in [1.54, 1.807) is 6.07 Å². The van der Waals surface area contributed by atoms with Gasteiger partial charge in [0, 0.05) is 17.8 Å². The molecule has 2 amide bonds. The molecule has 5 N–H and O–H groups in total. The van der Waals surface area contributed by atoms with Gasteiger partial charge in [0.1, 0.15) is 0 Å². The van der Waals surface area contributed by atoms with Gasteiger partial charge in [0.15, 0.2) is 17.2 Å². The van der Waals surface area contributed by atoms with E-state index in [4.69, 9.17) is 23.2 Å². The van der Waals surface area contributed by atoms with Crippen LogP contribution in [-0.4, -0.2) is 21.4 Å². The van der Waals surface area contributed by atoms with Crippen molar-refractivity contribution in [1.82, 2.24) is 0 Å². The summed E-state index contributed by atoms with van der Waals surface area (Å²) < 4.78 is 0. The van der Waals surface area contributed by atoms with Crippen molar-refractivity contribution in [3.8, 4) is 17.2 Å². The van der Waals surface area contributed by atoms with E-state index in [9.17, 15) is 20.1 Å². The molecular formula is C13H10Cl2N2O4. The lowest BCUT2D eigenvalue weighted by Gasteiger charge is -2.10. The van der Waals surface area contributed by atoms with Crippen LogP contribution < -0.4 is 10.6 Å². The summed E-state index contributed by atoms with van der Waals surface area (Å²) in [5.41, 5.74) is 0.509. The Labute approximate surface area is 129 Å². The summed E-state index contributed by atoms with van der Waals surface area (Å²) in [6, 6.07) is 6.09. The fourth-order valence-corrected chi connectivity index (χ4v) is 1.84. The van der Waals surface area contributed by atoms with Crippen molar-refractivity contribution < 1.29 is 20.1 Å². The molecule has 0 unspecified atom stereocenters. The maximum Gasteiger partial charge on any atom is 0.323 e. The molecule has 0 aliphatic heterocycles. The highest BCUT2D eigenvalue weighted by molar-refractivity contribution is 6.42. The van der Waals surface area contributed by atoms with Gasteiger partial charge in [-0.15, -0.1) is 0 Å². The normalized spacial score (nSPS) is 10.2. The number of nitrogens with one attached hydrogen (secondary N) is 2.